The van der Waals surface area contributed by atoms with Crippen molar-refractivity contribution in [1.29, 1.82) is 0 Å². The second-order valence-electron chi connectivity index (χ2n) is 7.03. The van der Waals surface area contributed by atoms with Crippen LogP contribution >= 0.6 is 15.9 Å². The van der Waals surface area contributed by atoms with Crippen LogP contribution < -0.4 is 15.0 Å². The number of amides is 2. The Bertz CT molecular complexity index is 1070. The number of benzene rings is 2. The molecule has 2 aromatic carbocycles. The lowest BCUT2D eigenvalue weighted by Crippen LogP contribution is -2.45. The van der Waals surface area contributed by atoms with Crippen LogP contribution in [0.5, 0.6) is 5.75 Å². The van der Waals surface area contributed by atoms with Gasteiger partial charge in [0.1, 0.15) is 12.3 Å². The predicted octanol–water partition coefficient (Wildman–Crippen LogP) is 2.30. The van der Waals surface area contributed by atoms with Gasteiger partial charge in [-0.25, -0.2) is 12.7 Å². The first-order valence-corrected chi connectivity index (χ1v) is 11.4. The van der Waals surface area contributed by atoms with Gasteiger partial charge >= 0.3 is 0 Å². The minimum absolute atomic E-state index is 0.131. The van der Waals surface area contributed by atoms with Crippen LogP contribution in [0, 0.1) is 0 Å². The van der Waals surface area contributed by atoms with Crippen molar-refractivity contribution in [2.75, 3.05) is 32.1 Å². The van der Waals surface area contributed by atoms with Crippen molar-refractivity contribution in [1.82, 2.24) is 9.62 Å². The SMILES string of the molecule is CC(NC(=O)CN1C(=O)COc2cc(Br)ccc21)c1ccc(S(=O)(=O)N(C)C)cc1. The van der Waals surface area contributed by atoms with E-state index in [9.17, 15) is 18.0 Å². The standard InChI is InChI=1S/C20H22BrN3O5S/c1-13(14-4-7-16(8-5-14)30(27,28)23(2)3)22-19(25)11-24-17-9-6-15(21)10-18(17)29-12-20(24)26/h4-10,13H,11-12H2,1-3H3,(H,22,25). The number of ether oxygens (including phenoxy) is 1. The molecular weight excluding hydrogens is 474 g/mol. The quantitative estimate of drug-likeness (QED) is 0.663. The summed E-state index contributed by atoms with van der Waals surface area (Å²) in [6.45, 7) is 1.52. The van der Waals surface area contributed by atoms with Gasteiger partial charge in [-0.3, -0.25) is 14.5 Å². The molecule has 3 rings (SSSR count). The summed E-state index contributed by atoms with van der Waals surface area (Å²) in [6, 6.07) is 11.2. The van der Waals surface area contributed by atoms with Gasteiger partial charge in [0.2, 0.25) is 15.9 Å². The largest absolute Gasteiger partial charge is 0.482 e. The number of halogens is 1. The minimum atomic E-state index is -3.51. The highest BCUT2D eigenvalue weighted by Gasteiger charge is 2.28. The minimum Gasteiger partial charge on any atom is -0.482 e. The molecule has 8 nitrogen and oxygen atoms in total. The molecule has 2 amide bonds. The molecule has 0 fully saturated rings. The highest BCUT2D eigenvalue weighted by molar-refractivity contribution is 9.10. The highest BCUT2D eigenvalue weighted by Crippen LogP contribution is 2.34. The molecule has 0 bridgehead atoms. The number of nitrogens with zero attached hydrogens (tertiary/aromatic N) is 2. The van der Waals surface area contributed by atoms with Crippen molar-refractivity contribution in [3.63, 3.8) is 0 Å². The van der Waals surface area contributed by atoms with Gasteiger partial charge in [0.15, 0.2) is 6.61 Å². The van der Waals surface area contributed by atoms with Crippen LogP contribution in [0.2, 0.25) is 0 Å². The number of carbonyl (C=O) groups excluding carboxylic acids is 2. The maximum absolute atomic E-state index is 12.6. The Morgan fingerprint density at radius 2 is 1.90 bits per heavy atom. The van der Waals surface area contributed by atoms with E-state index in [2.05, 4.69) is 21.2 Å². The van der Waals surface area contributed by atoms with Crippen LogP contribution in [0.3, 0.4) is 0 Å². The molecule has 0 radical (unpaired) electrons. The van der Waals surface area contributed by atoms with Gasteiger partial charge in [0.25, 0.3) is 5.91 Å². The topological polar surface area (TPSA) is 96.0 Å². The van der Waals surface area contributed by atoms with E-state index in [1.807, 2.05) is 0 Å². The Hall–Kier alpha value is -2.43. The van der Waals surface area contributed by atoms with Crippen molar-refractivity contribution < 1.29 is 22.7 Å². The summed E-state index contributed by atoms with van der Waals surface area (Å²) in [7, 11) is -0.576. The molecule has 160 valence electrons. The van der Waals surface area contributed by atoms with E-state index in [4.69, 9.17) is 4.74 Å². The molecule has 10 heteroatoms. The zero-order valence-corrected chi connectivity index (χ0v) is 19.2. The lowest BCUT2D eigenvalue weighted by molar-refractivity contribution is -0.125. The zero-order chi connectivity index (χ0) is 22.1. The number of carbonyl (C=O) groups is 2. The number of fused-ring (bicyclic) bond motifs is 1. The first-order valence-electron chi connectivity index (χ1n) is 9.14. The predicted molar refractivity (Wildman–Crippen MR) is 116 cm³/mol. The summed E-state index contributed by atoms with van der Waals surface area (Å²) in [5, 5.41) is 2.84. The molecular formula is C20H22BrN3O5S. The fourth-order valence-electron chi connectivity index (χ4n) is 3.01. The van der Waals surface area contributed by atoms with Crippen LogP contribution in [0.25, 0.3) is 0 Å². The third-order valence-corrected chi connectivity index (χ3v) is 7.03. The monoisotopic (exact) mass is 495 g/mol. The molecule has 1 heterocycles. The Morgan fingerprint density at radius 1 is 1.23 bits per heavy atom. The van der Waals surface area contributed by atoms with Gasteiger partial charge < -0.3 is 10.1 Å². The van der Waals surface area contributed by atoms with Crippen LogP contribution in [0.15, 0.2) is 51.8 Å². The third-order valence-electron chi connectivity index (χ3n) is 4.70. The Morgan fingerprint density at radius 3 is 2.53 bits per heavy atom. The summed E-state index contributed by atoms with van der Waals surface area (Å²) in [5.41, 5.74) is 1.29. The number of sulfonamides is 1. The molecule has 0 saturated heterocycles. The highest BCUT2D eigenvalue weighted by atomic mass is 79.9. The van der Waals surface area contributed by atoms with Gasteiger partial charge in [-0.05, 0) is 42.8 Å². The van der Waals surface area contributed by atoms with Gasteiger partial charge in [-0.2, -0.15) is 0 Å². The fraction of sp³-hybridized carbons (Fsp3) is 0.300. The number of nitrogens with one attached hydrogen (secondary N) is 1. The van der Waals surface area contributed by atoms with Crippen molar-refractivity contribution in [2.45, 2.75) is 17.9 Å². The molecule has 0 saturated carbocycles. The summed E-state index contributed by atoms with van der Waals surface area (Å²) in [6.07, 6.45) is 0. The van der Waals surface area contributed by atoms with Crippen LogP contribution in [-0.4, -0.2) is 51.8 Å². The lowest BCUT2D eigenvalue weighted by atomic mass is 10.1. The second-order valence-corrected chi connectivity index (χ2v) is 10.1. The maximum Gasteiger partial charge on any atom is 0.265 e. The Labute approximate surface area is 184 Å². The smallest absolute Gasteiger partial charge is 0.265 e. The molecule has 1 N–H and O–H groups in total. The molecule has 1 aliphatic rings. The summed E-state index contributed by atoms with van der Waals surface area (Å²) >= 11 is 3.36. The Kier molecular flexibility index (Phi) is 6.49. The van der Waals surface area contributed by atoms with Gasteiger partial charge in [-0.1, -0.05) is 28.1 Å². The van der Waals surface area contributed by atoms with Gasteiger partial charge in [0, 0.05) is 18.6 Å². The Balaban J connectivity index is 1.69. The summed E-state index contributed by atoms with van der Waals surface area (Å²) in [5.74, 6) is -0.106. The first-order chi connectivity index (χ1) is 14.1. The van der Waals surface area contributed by atoms with E-state index in [1.54, 1.807) is 37.3 Å². The number of hydrogen-bond acceptors (Lipinski definition) is 5. The average molecular weight is 496 g/mol. The van der Waals surface area contributed by atoms with Gasteiger partial charge in [-0.15, -0.1) is 0 Å². The van der Waals surface area contributed by atoms with Crippen molar-refractivity contribution in [3.8, 4) is 5.75 Å². The van der Waals surface area contributed by atoms with Crippen molar-refractivity contribution in [2.24, 2.45) is 0 Å². The van der Waals surface area contributed by atoms with Crippen LogP contribution in [0.4, 0.5) is 5.69 Å². The maximum atomic E-state index is 12.6. The molecule has 1 aliphatic heterocycles. The molecule has 30 heavy (non-hydrogen) atoms. The van der Waals surface area contributed by atoms with Crippen molar-refractivity contribution >= 4 is 43.5 Å². The number of rotatable bonds is 6. The third kappa shape index (κ3) is 4.66. The zero-order valence-electron chi connectivity index (χ0n) is 16.8. The van der Waals surface area contributed by atoms with E-state index in [1.165, 1.54) is 31.1 Å². The van der Waals surface area contributed by atoms with Crippen LogP contribution in [-0.2, 0) is 19.6 Å². The van der Waals surface area contributed by atoms with Crippen molar-refractivity contribution in [3.05, 3.63) is 52.5 Å². The second kappa shape index (κ2) is 8.75. The molecule has 0 aliphatic carbocycles. The van der Waals surface area contributed by atoms with E-state index in [0.29, 0.717) is 11.4 Å². The normalized spacial score (nSPS) is 14.8. The van der Waals surface area contributed by atoms with Gasteiger partial charge in [0.05, 0.1) is 16.6 Å². The fourth-order valence-corrected chi connectivity index (χ4v) is 4.25. The molecule has 2 aromatic rings. The number of anilines is 1. The lowest BCUT2D eigenvalue weighted by Gasteiger charge is -2.29. The number of hydrogen-bond donors (Lipinski definition) is 1. The molecule has 1 unspecified atom stereocenters. The van der Waals surface area contributed by atoms with E-state index < -0.39 is 10.0 Å². The summed E-state index contributed by atoms with van der Waals surface area (Å²) in [4.78, 5) is 26.4. The molecule has 0 spiro atoms. The van der Waals surface area contributed by atoms with Crippen LogP contribution in [0.1, 0.15) is 18.5 Å². The van der Waals surface area contributed by atoms with E-state index in [-0.39, 0.29) is 35.9 Å². The molecule has 0 aromatic heterocycles. The first kappa shape index (κ1) is 22.3. The molecule has 1 atom stereocenters. The van der Waals surface area contributed by atoms with E-state index >= 15 is 0 Å². The average Bonchev–Trinajstić information content (AvgIpc) is 2.70. The van der Waals surface area contributed by atoms with E-state index in [0.717, 1.165) is 14.3 Å². The summed E-state index contributed by atoms with van der Waals surface area (Å²) < 4.78 is 31.7.